The largest absolute Gasteiger partial charge is 4.00 e. The van der Waals surface area contributed by atoms with Gasteiger partial charge in [-0.1, -0.05) is 0 Å². The molecule has 0 aliphatic heterocycles. The number of aliphatic carboxylic acids is 4. The molecule has 0 aliphatic carbocycles. The van der Waals surface area contributed by atoms with Crippen LogP contribution in [0.15, 0.2) is 0 Å². The van der Waals surface area contributed by atoms with Crippen LogP contribution in [0.2, 0.25) is 0 Å². The van der Waals surface area contributed by atoms with Crippen LogP contribution in [0.4, 0.5) is 52.7 Å². The molecule has 0 saturated heterocycles. The first-order valence-electron chi connectivity index (χ1n) is 4.90. The van der Waals surface area contributed by atoms with E-state index < -0.39 is 48.6 Å². The number of carbonyl (C=O) groups is 4. The van der Waals surface area contributed by atoms with E-state index in [-0.39, 0.29) is 42.1 Å². The van der Waals surface area contributed by atoms with Gasteiger partial charge in [-0.25, -0.2) is 0 Å². The molecule has 30 heavy (non-hydrogen) atoms. The van der Waals surface area contributed by atoms with Crippen molar-refractivity contribution in [3.63, 3.8) is 0 Å². The predicted octanol–water partition coefficient (Wildman–Crippen LogP) is -2.81. The van der Waals surface area contributed by atoms with Gasteiger partial charge in [-0.05, 0) is 0 Å². The van der Waals surface area contributed by atoms with Crippen LogP contribution in [0.5, 0.6) is 0 Å². The van der Waals surface area contributed by atoms with Crippen LogP contribution in [0, 0.1) is 0 Å². The summed E-state index contributed by atoms with van der Waals surface area (Å²) in [6.45, 7) is 0. The van der Waals surface area contributed by atoms with E-state index in [0.29, 0.717) is 0 Å². The van der Waals surface area contributed by atoms with Crippen LogP contribution in [0.3, 0.4) is 0 Å². The zero-order valence-corrected chi connectivity index (χ0v) is 16.6. The summed E-state index contributed by atoms with van der Waals surface area (Å²) in [5, 5.41) is 35.1. The van der Waals surface area contributed by atoms with E-state index >= 15 is 0 Å². The standard InChI is InChI=1S/4C2HF3O2.2Mo/c4*3-2(4,5)1(6)7;;/h4*(H,6,7);;/q;;;;2*+4/p-4. The summed E-state index contributed by atoms with van der Waals surface area (Å²) in [5.41, 5.74) is 0. The Balaban J connectivity index is -0.0000000626. The number of halogens is 12. The van der Waals surface area contributed by atoms with Gasteiger partial charge in [-0.15, -0.1) is 0 Å². The van der Waals surface area contributed by atoms with Gasteiger partial charge in [0, 0.05) is 0 Å². The topological polar surface area (TPSA) is 161 Å². The van der Waals surface area contributed by atoms with Crippen molar-refractivity contribution in [1.82, 2.24) is 0 Å². The van der Waals surface area contributed by atoms with Crippen LogP contribution in [0.1, 0.15) is 0 Å². The van der Waals surface area contributed by atoms with Gasteiger partial charge in [0.25, 0.3) is 0 Å². The Hall–Kier alpha value is -1.58. The van der Waals surface area contributed by atoms with Crippen LogP contribution in [0.25, 0.3) is 0 Å². The number of rotatable bonds is 0. The summed E-state index contributed by atoms with van der Waals surface area (Å²) in [4.78, 5) is 35.1. The van der Waals surface area contributed by atoms with Crippen molar-refractivity contribution in [1.29, 1.82) is 0 Å². The van der Waals surface area contributed by atoms with Crippen molar-refractivity contribution in [2.24, 2.45) is 0 Å². The van der Waals surface area contributed by atoms with E-state index in [2.05, 4.69) is 0 Å². The molecule has 0 radical (unpaired) electrons. The molecule has 0 atom stereocenters. The summed E-state index contributed by atoms with van der Waals surface area (Å²) in [6, 6.07) is 0. The maximum Gasteiger partial charge on any atom is 4.00 e. The molecular weight excluding hydrogens is 644 g/mol. The third-order valence-corrected chi connectivity index (χ3v) is 0.926. The van der Waals surface area contributed by atoms with Gasteiger partial charge in [0.15, 0.2) is 0 Å². The van der Waals surface area contributed by atoms with Crippen molar-refractivity contribution < 1.29 is 134 Å². The average Bonchev–Trinajstić information content (AvgIpc) is 2.35. The molecular formula is C8F12Mo2O8+4. The second-order valence-corrected chi connectivity index (χ2v) is 3.14. The molecule has 0 unspecified atom stereocenters. The van der Waals surface area contributed by atoms with Gasteiger partial charge in [0.2, 0.25) is 0 Å². The third kappa shape index (κ3) is 34.0. The minimum Gasteiger partial charge on any atom is -0.542 e. The van der Waals surface area contributed by atoms with Crippen LogP contribution < -0.4 is 20.4 Å². The zero-order valence-electron chi connectivity index (χ0n) is 12.6. The molecule has 0 saturated carbocycles. The Bertz CT molecular complexity index is 440. The monoisotopic (exact) mass is 648 g/mol. The molecule has 0 fully saturated rings. The molecule has 8 nitrogen and oxygen atoms in total. The van der Waals surface area contributed by atoms with Crippen LogP contribution >= 0.6 is 0 Å². The smallest absolute Gasteiger partial charge is 0.542 e. The summed E-state index contributed by atoms with van der Waals surface area (Å²) in [7, 11) is 0. The molecule has 0 bridgehead atoms. The number of carboxylic acids is 4. The number of hydrogen-bond donors (Lipinski definition) is 0. The molecule has 0 N–H and O–H groups in total. The summed E-state index contributed by atoms with van der Waals surface area (Å²) in [6.07, 6.45) is -20.8. The first-order chi connectivity index (χ1) is 11.8. The molecule has 0 rings (SSSR count). The Labute approximate surface area is 183 Å². The summed E-state index contributed by atoms with van der Waals surface area (Å²) < 4.78 is 126. The van der Waals surface area contributed by atoms with Crippen molar-refractivity contribution in [3.8, 4) is 0 Å². The predicted molar refractivity (Wildman–Crippen MR) is 44.2 cm³/mol. The van der Waals surface area contributed by atoms with E-state index in [1.807, 2.05) is 0 Å². The fraction of sp³-hybridized carbons (Fsp3) is 0.500. The normalized spacial score (nSPS) is 10.5. The molecule has 0 aromatic rings. The minimum atomic E-state index is -5.19. The molecule has 0 aliphatic rings. The second-order valence-electron chi connectivity index (χ2n) is 3.14. The first-order valence-corrected chi connectivity index (χ1v) is 4.90. The Morgan fingerprint density at radius 3 is 0.400 bits per heavy atom. The second kappa shape index (κ2) is 16.2. The number of alkyl halides is 12. The molecule has 0 aromatic carbocycles. The van der Waals surface area contributed by atoms with E-state index in [4.69, 9.17) is 39.6 Å². The van der Waals surface area contributed by atoms with Gasteiger partial charge in [-0.2, -0.15) is 52.7 Å². The van der Waals surface area contributed by atoms with Gasteiger partial charge < -0.3 is 39.6 Å². The van der Waals surface area contributed by atoms with E-state index in [1.165, 1.54) is 0 Å². The molecule has 0 spiro atoms. The van der Waals surface area contributed by atoms with Crippen molar-refractivity contribution in [2.75, 3.05) is 0 Å². The third-order valence-electron chi connectivity index (χ3n) is 0.926. The van der Waals surface area contributed by atoms with Crippen molar-refractivity contribution >= 4 is 23.9 Å². The molecule has 0 aromatic heterocycles. The number of carboxylic acid groups (broad SMARTS) is 4. The Morgan fingerprint density at radius 2 is 0.400 bits per heavy atom. The van der Waals surface area contributed by atoms with Gasteiger partial charge in [-0.3, -0.25) is 0 Å². The zero-order chi connectivity index (χ0) is 24.3. The quantitative estimate of drug-likeness (QED) is 0.202. The number of hydrogen-bond acceptors (Lipinski definition) is 8. The van der Waals surface area contributed by atoms with E-state index in [1.54, 1.807) is 0 Å². The maximum atomic E-state index is 10.5. The minimum absolute atomic E-state index is 0. The summed E-state index contributed by atoms with van der Waals surface area (Å²) >= 11 is 0. The van der Waals surface area contributed by atoms with Gasteiger partial charge in [0.1, 0.15) is 23.9 Å². The Morgan fingerprint density at radius 1 is 0.367 bits per heavy atom. The van der Waals surface area contributed by atoms with Crippen LogP contribution in [-0.2, 0) is 61.3 Å². The first kappa shape index (κ1) is 42.5. The molecule has 172 valence electrons. The van der Waals surface area contributed by atoms with Crippen molar-refractivity contribution in [3.05, 3.63) is 0 Å². The maximum absolute atomic E-state index is 10.5. The fourth-order valence-corrected chi connectivity index (χ4v) is 0. The van der Waals surface area contributed by atoms with Gasteiger partial charge >= 0.3 is 66.8 Å². The molecule has 22 heteroatoms. The average molecular weight is 644 g/mol. The fourth-order valence-electron chi connectivity index (χ4n) is 0. The Kier molecular flexibility index (Phi) is 22.9. The van der Waals surface area contributed by atoms with E-state index in [0.717, 1.165) is 0 Å². The number of carbonyl (C=O) groups excluding carboxylic acids is 4. The van der Waals surface area contributed by atoms with Crippen LogP contribution in [-0.4, -0.2) is 48.6 Å². The van der Waals surface area contributed by atoms with E-state index in [9.17, 15) is 52.7 Å². The SMILES string of the molecule is O=C([O-])C(F)(F)F.O=C([O-])C(F)(F)F.O=C([O-])C(F)(F)F.O=C([O-])C(F)(F)F.[Mo+4].[Mo+4]. The van der Waals surface area contributed by atoms with Crippen molar-refractivity contribution in [2.45, 2.75) is 24.7 Å². The summed E-state index contributed by atoms with van der Waals surface area (Å²) in [5.74, 6) is -12.0. The molecule has 0 heterocycles. The van der Waals surface area contributed by atoms with Gasteiger partial charge in [0.05, 0.1) is 0 Å². The molecule has 0 amide bonds.